The lowest BCUT2D eigenvalue weighted by Crippen LogP contribution is -2.34. The molecular weight excluding hydrogens is 388 g/mol. The molecular formula is C27H50O4. The molecule has 0 N–H and O–H groups in total. The Morgan fingerprint density at radius 3 is 2.06 bits per heavy atom. The van der Waals surface area contributed by atoms with Crippen molar-refractivity contribution in [3.05, 3.63) is 0 Å². The number of rotatable bonds is 16. The molecule has 2 saturated carbocycles. The highest BCUT2D eigenvalue weighted by molar-refractivity contribution is 5.72. The van der Waals surface area contributed by atoms with Gasteiger partial charge >= 0.3 is 5.97 Å². The van der Waals surface area contributed by atoms with E-state index < -0.39 is 0 Å². The molecule has 3 atom stereocenters. The summed E-state index contributed by atoms with van der Waals surface area (Å²) in [5.74, 6) is 0.492. The van der Waals surface area contributed by atoms with Crippen molar-refractivity contribution >= 4 is 5.97 Å². The van der Waals surface area contributed by atoms with Gasteiger partial charge in [0.2, 0.25) is 0 Å². The molecule has 3 unspecified atom stereocenters. The van der Waals surface area contributed by atoms with Crippen LogP contribution < -0.4 is 0 Å². The van der Waals surface area contributed by atoms with Gasteiger partial charge in [-0.2, -0.15) is 0 Å². The summed E-state index contributed by atoms with van der Waals surface area (Å²) in [5.41, 5.74) is 0. The second-order valence-electron chi connectivity index (χ2n) is 10.0. The van der Waals surface area contributed by atoms with Crippen LogP contribution >= 0.6 is 0 Å². The Labute approximate surface area is 192 Å². The van der Waals surface area contributed by atoms with Gasteiger partial charge in [0.1, 0.15) is 0 Å². The first-order valence-electron chi connectivity index (χ1n) is 13.6. The number of esters is 1. The molecule has 0 bridgehead atoms. The van der Waals surface area contributed by atoms with E-state index in [4.69, 9.17) is 14.2 Å². The van der Waals surface area contributed by atoms with Gasteiger partial charge in [0.15, 0.2) is 0 Å². The first-order valence-corrected chi connectivity index (χ1v) is 13.6. The summed E-state index contributed by atoms with van der Waals surface area (Å²) < 4.78 is 17.7. The van der Waals surface area contributed by atoms with Crippen molar-refractivity contribution in [1.82, 2.24) is 0 Å². The van der Waals surface area contributed by atoms with Crippen LogP contribution in [0.15, 0.2) is 0 Å². The van der Waals surface area contributed by atoms with Gasteiger partial charge < -0.3 is 14.2 Å². The predicted octanol–water partition coefficient (Wildman–Crippen LogP) is 7.23. The summed E-state index contributed by atoms with van der Waals surface area (Å²) in [6.45, 7) is 6.46. The lowest BCUT2D eigenvalue weighted by atomic mass is 9.80. The number of ether oxygens (including phenoxy) is 3. The van der Waals surface area contributed by atoms with Crippen LogP contribution in [0.25, 0.3) is 0 Å². The molecule has 182 valence electrons. The van der Waals surface area contributed by atoms with Crippen LogP contribution in [-0.4, -0.2) is 38.0 Å². The smallest absolute Gasteiger partial charge is 0.308 e. The topological polar surface area (TPSA) is 44.8 Å². The summed E-state index contributed by atoms with van der Waals surface area (Å²) in [7, 11) is 0. The third-order valence-corrected chi connectivity index (χ3v) is 7.24. The van der Waals surface area contributed by atoms with E-state index in [1.54, 1.807) is 0 Å². The Kier molecular flexibility index (Phi) is 14.6. The van der Waals surface area contributed by atoms with E-state index in [1.165, 1.54) is 83.5 Å². The number of hydrogen-bond donors (Lipinski definition) is 0. The summed E-state index contributed by atoms with van der Waals surface area (Å²) in [6.07, 6.45) is 21.4. The highest BCUT2D eigenvalue weighted by atomic mass is 16.5. The molecule has 0 amide bonds. The molecule has 0 saturated heterocycles. The molecule has 2 fully saturated rings. The normalized spacial score (nSPS) is 24.9. The fourth-order valence-electron chi connectivity index (χ4n) is 5.18. The summed E-state index contributed by atoms with van der Waals surface area (Å²) in [4.78, 5) is 12.4. The second-order valence-corrected chi connectivity index (χ2v) is 10.0. The van der Waals surface area contributed by atoms with E-state index in [9.17, 15) is 4.79 Å². The quantitative estimate of drug-likeness (QED) is 0.188. The van der Waals surface area contributed by atoms with E-state index in [-0.39, 0.29) is 18.0 Å². The van der Waals surface area contributed by atoms with Crippen LogP contribution in [0.2, 0.25) is 0 Å². The Hall–Kier alpha value is -0.610. The first kappa shape index (κ1) is 26.6. The zero-order valence-corrected chi connectivity index (χ0v) is 20.6. The first-order chi connectivity index (χ1) is 15.2. The van der Waals surface area contributed by atoms with Crippen molar-refractivity contribution < 1.29 is 19.0 Å². The molecule has 0 radical (unpaired) electrons. The van der Waals surface area contributed by atoms with Gasteiger partial charge in [-0.05, 0) is 44.4 Å². The van der Waals surface area contributed by atoms with Gasteiger partial charge in [-0.25, -0.2) is 0 Å². The number of carbonyl (C=O) groups is 1. The zero-order valence-electron chi connectivity index (χ0n) is 20.6. The van der Waals surface area contributed by atoms with Crippen LogP contribution in [0, 0.1) is 11.8 Å². The van der Waals surface area contributed by atoms with Crippen LogP contribution in [0.4, 0.5) is 0 Å². The maximum atomic E-state index is 12.4. The summed E-state index contributed by atoms with van der Waals surface area (Å²) in [6, 6.07) is 0. The van der Waals surface area contributed by atoms with Gasteiger partial charge in [0, 0.05) is 0 Å². The van der Waals surface area contributed by atoms with Crippen LogP contribution in [0.1, 0.15) is 123 Å². The minimum Gasteiger partial charge on any atom is -0.465 e. The number of carbonyl (C=O) groups excluding carboxylic acids is 1. The SMILES string of the molecule is CCCCCCCCCCCOC(=O)C1CCC(OCCOC2CCCCC2)C(C)C1. The Morgan fingerprint density at radius 1 is 0.742 bits per heavy atom. The predicted molar refractivity (Wildman–Crippen MR) is 127 cm³/mol. The molecule has 0 heterocycles. The largest absolute Gasteiger partial charge is 0.465 e. The number of hydrogen-bond acceptors (Lipinski definition) is 4. The molecule has 2 aliphatic carbocycles. The molecule has 0 aromatic heterocycles. The van der Waals surface area contributed by atoms with Crippen LogP contribution in [0.5, 0.6) is 0 Å². The molecule has 4 heteroatoms. The molecule has 2 aliphatic rings. The van der Waals surface area contributed by atoms with E-state index >= 15 is 0 Å². The van der Waals surface area contributed by atoms with Gasteiger partial charge in [-0.1, -0.05) is 84.5 Å². The van der Waals surface area contributed by atoms with E-state index in [0.29, 0.717) is 31.8 Å². The molecule has 0 aliphatic heterocycles. The zero-order chi connectivity index (χ0) is 22.2. The number of unbranched alkanes of at least 4 members (excludes halogenated alkanes) is 8. The average Bonchev–Trinajstić information content (AvgIpc) is 2.79. The minimum atomic E-state index is 0.0190. The Bertz CT molecular complexity index is 447. The van der Waals surface area contributed by atoms with Gasteiger partial charge in [-0.15, -0.1) is 0 Å². The molecule has 4 nitrogen and oxygen atoms in total. The lowest BCUT2D eigenvalue weighted by Gasteiger charge is -2.33. The maximum Gasteiger partial charge on any atom is 0.308 e. The molecule has 2 rings (SSSR count). The highest BCUT2D eigenvalue weighted by Crippen LogP contribution is 2.32. The lowest BCUT2D eigenvalue weighted by molar-refractivity contribution is -0.152. The Balaban J connectivity index is 1.45. The highest BCUT2D eigenvalue weighted by Gasteiger charge is 2.32. The van der Waals surface area contributed by atoms with E-state index in [2.05, 4.69) is 13.8 Å². The fraction of sp³-hybridized carbons (Fsp3) is 0.963. The van der Waals surface area contributed by atoms with E-state index in [1.807, 2.05) is 0 Å². The molecule has 31 heavy (non-hydrogen) atoms. The van der Waals surface area contributed by atoms with Crippen molar-refractivity contribution in [1.29, 1.82) is 0 Å². The Morgan fingerprint density at radius 2 is 1.39 bits per heavy atom. The average molecular weight is 439 g/mol. The molecule has 0 spiro atoms. The molecule has 0 aromatic carbocycles. The molecule has 0 aromatic rings. The fourth-order valence-corrected chi connectivity index (χ4v) is 5.18. The summed E-state index contributed by atoms with van der Waals surface area (Å²) in [5, 5.41) is 0. The van der Waals surface area contributed by atoms with Gasteiger partial charge in [0.25, 0.3) is 0 Å². The van der Waals surface area contributed by atoms with Crippen LogP contribution in [0.3, 0.4) is 0 Å². The van der Waals surface area contributed by atoms with Gasteiger partial charge in [0.05, 0.1) is 37.9 Å². The standard InChI is InChI=1S/C27H50O4/c1-3-4-5-6-7-8-9-10-14-19-31-27(28)24-17-18-26(23(2)22-24)30-21-20-29-25-15-12-11-13-16-25/h23-26H,3-22H2,1-2H3. The van der Waals surface area contributed by atoms with Gasteiger partial charge in [-0.3, -0.25) is 4.79 Å². The van der Waals surface area contributed by atoms with Crippen molar-refractivity contribution in [2.75, 3.05) is 19.8 Å². The second kappa shape index (κ2) is 16.9. The summed E-state index contributed by atoms with van der Waals surface area (Å²) >= 11 is 0. The van der Waals surface area contributed by atoms with E-state index in [0.717, 1.165) is 25.7 Å². The minimum absolute atomic E-state index is 0.0190. The van der Waals surface area contributed by atoms with Crippen molar-refractivity contribution in [2.45, 2.75) is 135 Å². The third kappa shape index (κ3) is 11.7. The van der Waals surface area contributed by atoms with Crippen molar-refractivity contribution in [3.63, 3.8) is 0 Å². The van der Waals surface area contributed by atoms with Crippen molar-refractivity contribution in [2.24, 2.45) is 11.8 Å². The maximum absolute atomic E-state index is 12.4. The van der Waals surface area contributed by atoms with Crippen molar-refractivity contribution in [3.8, 4) is 0 Å². The monoisotopic (exact) mass is 438 g/mol. The third-order valence-electron chi connectivity index (χ3n) is 7.24. The van der Waals surface area contributed by atoms with Crippen LogP contribution in [-0.2, 0) is 19.0 Å².